The van der Waals surface area contributed by atoms with Crippen LogP contribution >= 0.6 is 23.1 Å². The first-order valence-electron chi connectivity index (χ1n) is 7.05. The second kappa shape index (κ2) is 9.08. The van der Waals surface area contributed by atoms with Crippen molar-refractivity contribution in [3.8, 4) is 5.75 Å². The molecule has 1 aromatic carbocycles. The number of hydrogen-bond donors (Lipinski definition) is 3. The third-order valence-electron chi connectivity index (χ3n) is 2.64. The maximum absolute atomic E-state index is 11.6. The molecule has 1 aromatic heterocycles. The summed E-state index contributed by atoms with van der Waals surface area (Å²) in [6, 6.07) is 6.94. The zero-order chi connectivity index (χ0) is 17.4. The van der Waals surface area contributed by atoms with Gasteiger partial charge in [0.15, 0.2) is 4.34 Å². The van der Waals surface area contributed by atoms with Crippen LogP contribution in [-0.2, 0) is 4.79 Å². The second-order valence-electron chi connectivity index (χ2n) is 4.43. The van der Waals surface area contributed by atoms with Crippen LogP contribution in [0.25, 0.3) is 0 Å². The Balaban J connectivity index is 1.84. The van der Waals surface area contributed by atoms with Gasteiger partial charge in [-0.15, -0.1) is 10.2 Å². The van der Waals surface area contributed by atoms with E-state index in [0.29, 0.717) is 16.0 Å². The number of nitrogens with one attached hydrogen (secondary N) is 3. The summed E-state index contributed by atoms with van der Waals surface area (Å²) >= 11 is 2.54. The van der Waals surface area contributed by atoms with Crippen molar-refractivity contribution in [2.75, 3.05) is 24.7 Å². The van der Waals surface area contributed by atoms with Gasteiger partial charge in [0, 0.05) is 18.3 Å². The number of benzene rings is 1. The largest absolute Gasteiger partial charge is 0.497 e. The first-order chi connectivity index (χ1) is 11.6. The van der Waals surface area contributed by atoms with Gasteiger partial charge < -0.3 is 15.4 Å². The predicted octanol–water partition coefficient (Wildman–Crippen LogP) is 2.23. The summed E-state index contributed by atoms with van der Waals surface area (Å²) in [5.41, 5.74) is 0.830. The number of amides is 3. The first kappa shape index (κ1) is 18.0. The molecule has 0 radical (unpaired) electrons. The molecule has 0 saturated carbocycles. The summed E-state index contributed by atoms with van der Waals surface area (Å²) in [6.07, 6.45) is 0. The third-order valence-corrected chi connectivity index (χ3v) is 4.62. The number of carbonyl (C=O) groups excluding carboxylic acids is 2. The lowest BCUT2D eigenvalue weighted by Crippen LogP contribution is -2.40. The van der Waals surface area contributed by atoms with E-state index in [2.05, 4.69) is 26.1 Å². The molecule has 1 heterocycles. The quantitative estimate of drug-likeness (QED) is 0.644. The molecule has 0 aliphatic heterocycles. The maximum atomic E-state index is 11.6. The number of anilines is 2. The second-order valence-corrected chi connectivity index (χ2v) is 6.63. The monoisotopic (exact) mass is 367 g/mol. The van der Waals surface area contributed by atoms with E-state index in [4.69, 9.17) is 4.74 Å². The third kappa shape index (κ3) is 5.70. The highest BCUT2D eigenvalue weighted by atomic mass is 32.2. The Morgan fingerprint density at radius 1 is 1.33 bits per heavy atom. The van der Waals surface area contributed by atoms with Gasteiger partial charge in [-0.3, -0.25) is 10.1 Å². The number of ether oxygens (including phenoxy) is 1. The summed E-state index contributed by atoms with van der Waals surface area (Å²) in [5.74, 6) is 0.440. The van der Waals surface area contributed by atoms with Crippen LogP contribution in [0, 0.1) is 0 Å². The summed E-state index contributed by atoms with van der Waals surface area (Å²) < 4.78 is 5.79. The standard InChI is InChI=1S/C14H17N5O3S2/c1-3-15-12(21)17-11(20)8-23-14-19-18-13(24-14)16-9-5-4-6-10(7-9)22-2/h4-7H,3,8H2,1-2H3,(H,16,18)(H2,15,17,20,21). The highest BCUT2D eigenvalue weighted by molar-refractivity contribution is 8.01. The van der Waals surface area contributed by atoms with Crippen LogP contribution in [0.4, 0.5) is 15.6 Å². The number of imide groups is 1. The number of thioether (sulfide) groups is 1. The van der Waals surface area contributed by atoms with E-state index in [9.17, 15) is 9.59 Å². The minimum atomic E-state index is -0.499. The Hall–Kier alpha value is -2.33. The predicted molar refractivity (Wildman–Crippen MR) is 94.1 cm³/mol. The smallest absolute Gasteiger partial charge is 0.321 e. The number of urea groups is 1. The van der Waals surface area contributed by atoms with Crippen LogP contribution in [0.15, 0.2) is 28.6 Å². The fraction of sp³-hybridized carbons (Fsp3) is 0.286. The average Bonchev–Trinajstić information content (AvgIpc) is 3.01. The molecule has 10 heteroatoms. The van der Waals surface area contributed by atoms with Gasteiger partial charge >= 0.3 is 6.03 Å². The van der Waals surface area contributed by atoms with Crippen molar-refractivity contribution in [1.82, 2.24) is 20.8 Å². The van der Waals surface area contributed by atoms with Gasteiger partial charge in [0.05, 0.1) is 12.9 Å². The van der Waals surface area contributed by atoms with E-state index >= 15 is 0 Å². The number of nitrogens with zero attached hydrogens (tertiary/aromatic N) is 2. The molecule has 0 aliphatic rings. The van der Waals surface area contributed by atoms with E-state index < -0.39 is 6.03 Å². The lowest BCUT2D eigenvalue weighted by molar-refractivity contribution is -0.117. The molecular formula is C14H17N5O3S2. The minimum Gasteiger partial charge on any atom is -0.497 e. The van der Waals surface area contributed by atoms with Crippen LogP contribution in [0.5, 0.6) is 5.75 Å². The van der Waals surface area contributed by atoms with Crippen molar-refractivity contribution >= 4 is 45.9 Å². The average molecular weight is 367 g/mol. The van der Waals surface area contributed by atoms with Crippen molar-refractivity contribution in [2.45, 2.75) is 11.3 Å². The highest BCUT2D eigenvalue weighted by Crippen LogP contribution is 2.28. The number of hydrogen-bond acceptors (Lipinski definition) is 8. The van der Waals surface area contributed by atoms with Crippen LogP contribution in [0.1, 0.15) is 6.92 Å². The number of rotatable bonds is 7. The van der Waals surface area contributed by atoms with Gasteiger partial charge in [0.25, 0.3) is 0 Å². The fourth-order valence-corrected chi connectivity index (χ4v) is 3.21. The molecule has 3 amide bonds. The van der Waals surface area contributed by atoms with Crippen molar-refractivity contribution in [3.05, 3.63) is 24.3 Å². The lowest BCUT2D eigenvalue weighted by atomic mass is 10.3. The van der Waals surface area contributed by atoms with Gasteiger partial charge in [-0.05, 0) is 19.1 Å². The van der Waals surface area contributed by atoms with Gasteiger partial charge in [0.2, 0.25) is 11.0 Å². The topological polar surface area (TPSA) is 105 Å². The van der Waals surface area contributed by atoms with Crippen LogP contribution in [0.3, 0.4) is 0 Å². The van der Waals surface area contributed by atoms with E-state index in [1.54, 1.807) is 14.0 Å². The van der Waals surface area contributed by atoms with E-state index in [1.807, 2.05) is 24.3 Å². The van der Waals surface area contributed by atoms with Crippen molar-refractivity contribution in [2.24, 2.45) is 0 Å². The molecule has 2 aromatic rings. The number of aromatic nitrogens is 2. The van der Waals surface area contributed by atoms with Gasteiger partial charge in [-0.25, -0.2) is 4.79 Å². The Kier molecular flexibility index (Phi) is 6.82. The molecule has 128 valence electrons. The highest BCUT2D eigenvalue weighted by Gasteiger charge is 2.10. The molecule has 0 fully saturated rings. The Bertz CT molecular complexity index is 707. The molecule has 0 spiro atoms. The van der Waals surface area contributed by atoms with Crippen LogP contribution < -0.4 is 20.7 Å². The zero-order valence-electron chi connectivity index (χ0n) is 13.2. The summed E-state index contributed by atoms with van der Waals surface area (Å²) in [7, 11) is 1.60. The number of carbonyl (C=O) groups is 2. The molecule has 8 nitrogen and oxygen atoms in total. The van der Waals surface area contributed by atoms with Gasteiger partial charge in [-0.1, -0.05) is 29.2 Å². The first-order valence-corrected chi connectivity index (χ1v) is 8.86. The van der Waals surface area contributed by atoms with Gasteiger partial charge in [-0.2, -0.15) is 0 Å². The summed E-state index contributed by atoms with van der Waals surface area (Å²) in [5, 5.41) is 16.5. The molecule has 0 bridgehead atoms. The molecule has 0 aliphatic carbocycles. The fourth-order valence-electron chi connectivity index (χ4n) is 1.64. The molecule has 2 rings (SSSR count). The maximum Gasteiger partial charge on any atom is 0.321 e. The Labute approximate surface area is 147 Å². The minimum absolute atomic E-state index is 0.0882. The molecule has 24 heavy (non-hydrogen) atoms. The van der Waals surface area contributed by atoms with Crippen molar-refractivity contribution < 1.29 is 14.3 Å². The van der Waals surface area contributed by atoms with Crippen LogP contribution in [0.2, 0.25) is 0 Å². The summed E-state index contributed by atoms with van der Waals surface area (Å²) in [6.45, 7) is 2.23. The Morgan fingerprint density at radius 3 is 2.92 bits per heavy atom. The number of methoxy groups -OCH3 is 1. The summed E-state index contributed by atoms with van der Waals surface area (Å²) in [4.78, 5) is 22.8. The zero-order valence-corrected chi connectivity index (χ0v) is 14.8. The Morgan fingerprint density at radius 2 is 2.17 bits per heavy atom. The van der Waals surface area contributed by atoms with Crippen LogP contribution in [-0.4, -0.2) is 41.5 Å². The lowest BCUT2D eigenvalue weighted by Gasteiger charge is -2.04. The molecular weight excluding hydrogens is 350 g/mol. The molecule has 0 saturated heterocycles. The van der Waals surface area contributed by atoms with E-state index in [-0.39, 0.29) is 11.7 Å². The molecule has 3 N–H and O–H groups in total. The normalized spacial score (nSPS) is 10.1. The van der Waals surface area contributed by atoms with E-state index in [1.165, 1.54) is 23.1 Å². The van der Waals surface area contributed by atoms with Gasteiger partial charge in [0.1, 0.15) is 5.75 Å². The SMILES string of the molecule is CCNC(=O)NC(=O)CSc1nnc(Nc2cccc(OC)c2)s1. The molecule has 0 atom stereocenters. The van der Waals surface area contributed by atoms with E-state index in [0.717, 1.165) is 11.4 Å². The molecule has 0 unspecified atom stereocenters. The van der Waals surface area contributed by atoms with Crippen molar-refractivity contribution in [3.63, 3.8) is 0 Å². The van der Waals surface area contributed by atoms with Crippen molar-refractivity contribution in [1.29, 1.82) is 0 Å².